The number of thiophene rings is 1. The van der Waals surface area contributed by atoms with Crippen LogP contribution >= 0.6 is 11.3 Å². The Morgan fingerprint density at radius 3 is 2.95 bits per heavy atom. The van der Waals surface area contributed by atoms with E-state index in [-0.39, 0.29) is 0 Å². The highest BCUT2D eigenvalue weighted by Crippen LogP contribution is 2.25. The highest BCUT2D eigenvalue weighted by Gasteiger charge is 2.13. The van der Waals surface area contributed by atoms with Crippen LogP contribution < -0.4 is 5.32 Å². The summed E-state index contributed by atoms with van der Waals surface area (Å²) in [6.45, 7) is 4.88. The molecule has 0 amide bonds. The summed E-state index contributed by atoms with van der Waals surface area (Å²) < 4.78 is 7.44. The Balaban J connectivity index is 1.71. The number of anilines is 1. The van der Waals surface area contributed by atoms with Crippen LogP contribution in [-0.4, -0.2) is 20.0 Å². The number of nitrogens with zero attached hydrogens (tertiary/aromatic N) is 4. The lowest BCUT2D eigenvalue weighted by Crippen LogP contribution is -2.02. The topological polar surface area (TPSA) is 68.8 Å². The maximum absolute atomic E-state index is 5.61. The summed E-state index contributed by atoms with van der Waals surface area (Å²) in [5.74, 6) is 0.926. The monoisotopic (exact) mass is 303 g/mol. The van der Waals surface area contributed by atoms with Crippen molar-refractivity contribution >= 4 is 17.4 Å². The van der Waals surface area contributed by atoms with Gasteiger partial charge in [-0.15, -0.1) is 16.4 Å². The first-order valence-electron chi connectivity index (χ1n) is 6.77. The molecular weight excluding hydrogens is 286 g/mol. The molecule has 0 unspecified atom stereocenters. The first-order valence-corrected chi connectivity index (χ1v) is 7.65. The van der Waals surface area contributed by atoms with Crippen molar-refractivity contribution in [3.8, 4) is 10.8 Å². The van der Waals surface area contributed by atoms with Crippen LogP contribution in [0.2, 0.25) is 0 Å². The van der Waals surface area contributed by atoms with Gasteiger partial charge in [0.2, 0.25) is 0 Å². The minimum Gasteiger partial charge on any atom is -0.403 e. The fraction of sp³-hybridized carbons (Fsp3) is 0.357. The second-order valence-corrected chi connectivity index (χ2v) is 6.06. The maximum atomic E-state index is 5.61. The number of rotatable bonds is 5. The molecule has 3 heterocycles. The average Bonchev–Trinajstić information content (AvgIpc) is 3.16. The van der Waals surface area contributed by atoms with E-state index in [0.29, 0.717) is 24.4 Å². The molecule has 0 saturated heterocycles. The maximum Gasteiger partial charge on any atom is 0.316 e. The third-order valence-electron chi connectivity index (χ3n) is 3.07. The van der Waals surface area contributed by atoms with Crippen molar-refractivity contribution in [2.75, 3.05) is 5.32 Å². The fourth-order valence-electron chi connectivity index (χ4n) is 2.14. The van der Waals surface area contributed by atoms with Crippen molar-refractivity contribution < 1.29 is 4.42 Å². The molecule has 7 heteroatoms. The molecular formula is C14H17N5OS. The summed E-state index contributed by atoms with van der Waals surface area (Å²) in [4.78, 5) is 0.972. The Morgan fingerprint density at radius 2 is 2.24 bits per heavy atom. The minimum absolute atomic E-state index is 0.382. The molecule has 21 heavy (non-hydrogen) atoms. The van der Waals surface area contributed by atoms with Crippen LogP contribution in [-0.2, 0) is 13.6 Å². The van der Waals surface area contributed by atoms with E-state index in [9.17, 15) is 0 Å². The Hall–Kier alpha value is -2.15. The number of nitrogens with one attached hydrogen (secondary N) is 1. The molecule has 3 rings (SSSR count). The summed E-state index contributed by atoms with van der Waals surface area (Å²) in [5.41, 5.74) is 2.23. The number of aryl methyl sites for hydroxylation is 1. The van der Waals surface area contributed by atoms with Gasteiger partial charge in [-0.1, -0.05) is 25.0 Å². The summed E-state index contributed by atoms with van der Waals surface area (Å²) in [7, 11) is 1.93. The molecule has 0 fully saturated rings. The van der Waals surface area contributed by atoms with Gasteiger partial charge >= 0.3 is 6.01 Å². The van der Waals surface area contributed by atoms with Gasteiger partial charge in [-0.05, 0) is 17.4 Å². The molecule has 3 aromatic rings. The highest BCUT2D eigenvalue weighted by molar-refractivity contribution is 7.13. The first-order chi connectivity index (χ1) is 10.1. The van der Waals surface area contributed by atoms with Crippen LogP contribution in [0.5, 0.6) is 0 Å². The summed E-state index contributed by atoms with van der Waals surface area (Å²) in [5, 5.41) is 17.7. The molecule has 3 aromatic heterocycles. The van der Waals surface area contributed by atoms with E-state index < -0.39 is 0 Å². The van der Waals surface area contributed by atoms with Crippen LogP contribution in [0.25, 0.3) is 10.8 Å². The largest absolute Gasteiger partial charge is 0.403 e. The van der Waals surface area contributed by atoms with Crippen molar-refractivity contribution in [2.45, 2.75) is 26.3 Å². The normalized spacial score (nSPS) is 11.2. The van der Waals surface area contributed by atoms with E-state index in [1.807, 2.05) is 35.4 Å². The number of aromatic nitrogens is 4. The van der Waals surface area contributed by atoms with Crippen molar-refractivity contribution in [3.63, 3.8) is 0 Å². The predicted molar refractivity (Wildman–Crippen MR) is 82.2 cm³/mol. The second kappa shape index (κ2) is 5.69. The molecule has 0 saturated carbocycles. The van der Waals surface area contributed by atoms with Crippen molar-refractivity contribution in [1.82, 2.24) is 20.0 Å². The van der Waals surface area contributed by atoms with Gasteiger partial charge in [-0.2, -0.15) is 5.10 Å². The first kappa shape index (κ1) is 13.8. The van der Waals surface area contributed by atoms with E-state index in [2.05, 4.69) is 34.5 Å². The van der Waals surface area contributed by atoms with Gasteiger partial charge in [0.25, 0.3) is 5.89 Å². The molecule has 0 atom stereocenters. The zero-order valence-corrected chi connectivity index (χ0v) is 13.0. The van der Waals surface area contributed by atoms with Crippen LogP contribution in [0.4, 0.5) is 6.01 Å². The fourth-order valence-corrected chi connectivity index (χ4v) is 2.79. The lowest BCUT2D eigenvalue weighted by Gasteiger charge is -2.04. The number of hydrogen-bond donors (Lipinski definition) is 1. The second-order valence-electron chi connectivity index (χ2n) is 5.11. The van der Waals surface area contributed by atoms with E-state index in [1.54, 1.807) is 11.3 Å². The summed E-state index contributed by atoms with van der Waals surface area (Å²) >= 11 is 1.58. The average molecular weight is 303 g/mol. The molecule has 0 aliphatic carbocycles. The van der Waals surface area contributed by atoms with Crippen LogP contribution in [0, 0.1) is 0 Å². The summed E-state index contributed by atoms with van der Waals surface area (Å²) in [6.07, 6.45) is 2.01. The lowest BCUT2D eigenvalue weighted by atomic mass is 10.1. The van der Waals surface area contributed by atoms with Gasteiger partial charge in [0.1, 0.15) is 0 Å². The van der Waals surface area contributed by atoms with E-state index in [0.717, 1.165) is 16.1 Å². The Labute approximate surface area is 126 Å². The Kier molecular flexibility index (Phi) is 3.74. The Bertz CT molecular complexity index is 714. The quantitative estimate of drug-likeness (QED) is 0.783. The molecule has 1 N–H and O–H groups in total. The lowest BCUT2D eigenvalue weighted by molar-refractivity contribution is 0.582. The highest BCUT2D eigenvalue weighted by atomic mass is 32.1. The zero-order valence-electron chi connectivity index (χ0n) is 12.2. The van der Waals surface area contributed by atoms with E-state index in [4.69, 9.17) is 4.42 Å². The minimum atomic E-state index is 0.382. The van der Waals surface area contributed by atoms with Gasteiger partial charge in [0.05, 0.1) is 10.6 Å². The molecule has 0 spiro atoms. The number of hydrogen-bond acceptors (Lipinski definition) is 6. The molecule has 110 valence electrons. The molecule has 6 nitrogen and oxygen atoms in total. The van der Waals surface area contributed by atoms with E-state index >= 15 is 0 Å². The van der Waals surface area contributed by atoms with Crippen molar-refractivity contribution in [2.24, 2.45) is 7.05 Å². The predicted octanol–water partition coefficient (Wildman–Crippen LogP) is 3.27. The van der Waals surface area contributed by atoms with Gasteiger partial charge < -0.3 is 9.73 Å². The van der Waals surface area contributed by atoms with E-state index in [1.165, 1.54) is 0 Å². The van der Waals surface area contributed by atoms with Crippen LogP contribution in [0.1, 0.15) is 31.0 Å². The molecule has 0 bridgehead atoms. The van der Waals surface area contributed by atoms with Crippen molar-refractivity contribution in [3.05, 3.63) is 35.0 Å². The van der Waals surface area contributed by atoms with Gasteiger partial charge in [-0.25, -0.2) is 0 Å². The summed E-state index contributed by atoms with van der Waals surface area (Å²) in [6, 6.07) is 4.35. The van der Waals surface area contributed by atoms with Crippen LogP contribution in [0.3, 0.4) is 0 Å². The molecule has 0 aromatic carbocycles. The smallest absolute Gasteiger partial charge is 0.316 e. The molecule has 0 aliphatic rings. The molecule has 0 aliphatic heterocycles. The van der Waals surface area contributed by atoms with Crippen LogP contribution in [0.15, 0.2) is 28.1 Å². The van der Waals surface area contributed by atoms with Crippen molar-refractivity contribution in [1.29, 1.82) is 0 Å². The van der Waals surface area contributed by atoms with Gasteiger partial charge in [-0.3, -0.25) is 4.68 Å². The van der Waals surface area contributed by atoms with Gasteiger partial charge in [0, 0.05) is 25.4 Å². The standard InChI is InChI=1S/C14H17N5OS/c1-9(2)12-10(8-19(3)18-12)7-15-14-17-16-13(20-14)11-5-4-6-21-11/h4-6,8-9H,7H2,1-3H3,(H,15,17). The SMILES string of the molecule is CC(C)c1nn(C)cc1CNc1nnc(-c2cccs2)o1. The van der Waals surface area contributed by atoms with Gasteiger partial charge in [0.15, 0.2) is 0 Å². The third kappa shape index (κ3) is 2.97. The third-order valence-corrected chi connectivity index (χ3v) is 3.93. The zero-order chi connectivity index (χ0) is 14.8. The molecule has 0 radical (unpaired) electrons. The Morgan fingerprint density at radius 1 is 1.38 bits per heavy atom.